The second-order valence-electron chi connectivity index (χ2n) is 3.17. The van der Waals surface area contributed by atoms with Crippen molar-refractivity contribution in [2.75, 3.05) is 5.32 Å². The predicted molar refractivity (Wildman–Crippen MR) is 62.5 cm³/mol. The molecule has 0 aliphatic carbocycles. The number of aryl methyl sites for hydroxylation is 1. The molecule has 0 unspecified atom stereocenters. The average Bonchev–Trinajstić information content (AvgIpc) is 2.63. The van der Waals surface area contributed by atoms with Crippen molar-refractivity contribution in [1.82, 2.24) is 14.8 Å². The molecule has 15 heavy (non-hydrogen) atoms. The summed E-state index contributed by atoms with van der Waals surface area (Å²) in [5.74, 6) is 0.836. The average molecular weight is 267 g/mol. The zero-order chi connectivity index (χ0) is 10.7. The Morgan fingerprint density at radius 1 is 1.47 bits per heavy atom. The van der Waals surface area contributed by atoms with E-state index < -0.39 is 0 Å². The quantitative estimate of drug-likeness (QED) is 0.926. The van der Waals surface area contributed by atoms with Crippen molar-refractivity contribution in [1.29, 1.82) is 0 Å². The molecule has 0 bridgehead atoms. The third-order valence-electron chi connectivity index (χ3n) is 1.96. The molecule has 0 spiro atoms. The molecule has 2 heterocycles. The second-order valence-corrected chi connectivity index (χ2v) is 4.02. The molecule has 0 radical (unpaired) electrons. The van der Waals surface area contributed by atoms with Crippen molar-refractivity contribution in [3.63, 3.8) is 0 Å². The minimum Gasteiger partial charge on any atom is -0.363 e. The van der Waals surface area contributed by atoms with Crippen LogP contribution in [0.5, 0.6) is 0 Å². The highest BCUT2D eigenvalue weighted by Gasteiger charge is 2.00. The van der Waals surface area contributed by atoms with Gasteiger partial charge in [-0.15, -0.1) is 0 Å². The van der Waals surface area contributed by atoms with Gasteiger partial charge in [-0.2, -0.15) is 5.10 Å². The Balaban J connectivity index is 2.02. The maximum absolute atomic E-state index is 4.27. The van der Waals surface area contributed by atoms with Gasteiger partial charge in [0.15, 0.2) is 0 Å². The van der Waals surface area contributed by atoms with Gasteiger partial charge in [-0.25, -0.2) is 4.98 Å². The van der Waals surface area contributed by atoms with Gasteiger partial charge in [-0.05, 0) is 34.1 Å². The predicted octanol–water partition coefficient (Wildman–Crippen LogP) is 2.19. The Bertz CT molecular complexity index is 452. The number of halogens is 1. The summed E-state index contributed by atoms with van der Waals surface area (Å²) in [6, 6.07) is 5.81. The standard InChI is InChI=1S/C10H11BrN4/c1-15-6-4-8(14-15)7-13-10-9(11)3-2-5-12-10/h2-6H,7H2,1H3,(H,12,13). The van der Waals surface area contributed by atoms with Crippen LogP contribution < -0.4 is 5.32 Å². The third-order valence-corrected chi connectivity index (χ3v) is 2.60. The van der Waals surface area contributed by atoms with Crippen LogP contribution in [0.1, 0.15) is 5.69 Å². The molecule has 0 aliphatic rings. The highest BCUT2D eigenvalue weighted by atomic mass is 79.9. The molecule has 0 aromatic carbocycles. The van der Waals surface area contributed by atoms with Gasteiger partial charge in [0.2, 0.25) is 0 Å². The fraction of sp³-hybridized carbons (Fsp3) is 0.200. The normalized spacial score (nSPS) is 10.3. The molecule has 2 aromatic heterocycles. The minimum absolute atomic E-state index is 0.677. The lowest BCUT2D eigenvalue weighted by Crippen LogP contribution is -2.03. The molecule has 0 saturated carbocycles. The second kappa shape index (κ2) is 4.44. The molecule has 0 saturated heterocycles. The number of rotatable bonds is 3. The van der Waals surface area contributed by atoms with Gasteiger partial charge in [-0.3, -0.25) is 4.68 Å². The van der Waals surface area contributed by atoms with E-state index in [1.165, 1.54) is 0 Å². The Labute approximate surface area is 96.5 Å². The lowest BCUT2D eigenvalue weighted by molar-refractivity contribution is 0.747. The van der Waals surface area contributed by atoms with E-state index in [0.717, 1.165) is 16.0 Å². The zero-order valence-corrected chi connectivity index (χ0v) is 9.90. The SMILES string of the molecule is Cn1ccc(CNc2ncccc2Br)n1. The number of nitrogens with one attached hydrogen (secondary N) is 1. The summed E-state index contributed by atoms with van der Waals surface area (Å²) >= 11 is 3.42. The summed E-state index contributed by atoms with van der Waals surface area (Å²) < 4.78 is 2.74. The van der Waals surface area contributed by atoms with E-state index in [4.69, 9.17) is 0 Å². The Morgan fingerprint density at radius 2 is 2.33 bits per heavy atom. The number of nitrogens with zero attached hydrogens (tertiary/aromatic N) is 3. The first kappa shape index (κ1) is 10.2. The van der Waals surface area contributed by atoms with Crippen molar-refractivity contribution in [2.45, 2.75) is 6.54 Å². The molecule has 0 atom stereocenters. The summed E-state index contributed by atoms with van der Waals surface area (Å²) in [6.07, 6.45) is 3.68. The van der Waals surface area contributed by atoms with Crippen LogP contribution in [0.2, 0.25) is 0 Å². The largest absolute Gasteiger partial charge is 0.363 e. The topological polar surface area (TPSA) is 42.7 Å². The van der Waals surface area contributed by atoms with Crippen molar-refractivity contribution in [2.24, 2.45) is 7.05 Å². The van der Waals surface area contributed by atoms with Crippen molar-refractivity contribution in [3.8, 4) is 0 Å². The molecule has 2 rings (SSSR count). The monoisotopic (exact) mass is 266 g/mol. The van der Waals surface area contributed by atoms with Crippen LogP contribution >= 0.6 is 15.9 Å². The van der Waals surface area contributed by atoms with Gasteiger partial charge < -0.3 is 5.32 Å². The fourth-order valence-corrected chi connectivity index (χ4v) is 1.64. The number of aromatic nitrogens is 3. The number of pyridine rings is 1. The fourth-order valence-electron chi connectivity index (χ4n) is 1.25. The minimum atomic E-state index is 0.677. The van der Waals surface area contributed by atoms with E-state index in [1.807, 2.05) is 31.4 Å². The first-order valence-electron chi connectivity index (χ1n) is 4.58. The Morgan fingerprint density at radius 3 is 3.00 bits per heavy atom. The summed E-state index contributed by atoms with van der Waals surface area (Å²) in [5.41, 5.74) is 0.995. The van der Waals surface area contributed by atoms with Crippen LogP contribution in [0.25, 0.3) is 0 Å². The molecule has 5 heteroatoms. The van der Waals surface area contributed by atoms with Crippen molar-refractivity contribution >= 4 is 21.7 Å². The van der Waals surface area contributed by atoms with E-state index in [2.05, 4.69) is 31.3 Å². The molecule has 0 fully saturated rings. The van der Waals surface area contributed by atoms with Gasteiger partial charge in [0, 0.05) is 19.4 Å². The molecular weight excluding hydrogens is 256 g/mol. The Hall–Kier alpha value is -1.36. The van der Waals surface area contributed by atoms with Gasteiger partial charge in [0.1, 0.15) is 5.82 Å². The molecule has 0 amide bonds. The summed E-state index contributed by atoms with van der Waals surface area (Å²) in [4.78, 5) is 4.21. The molecule has 0 aliphatic heterocycles. The van der Waals surface area contributed by atoms with E-state index in [0.29, 0.717) is 6.54 Å². The van der Waals surface area contributed by atoms with Crippen LogP contribution in [0.15, 0.2) is 35.1 Å². The maximum atomic E-state index is 4.27. The highest BCUT2D eigenvalue weighted by Crippen LogP contribution is 2.18. The van der Waals surface area contributed by atoms with Gasteiger partial charge in [0.05, 0.1) is 16.7 Å². The van der Waals surface area contributed by atoms with Crippen LogP contribution in [0.3, 0.4) is 0 Å². The third kappa shape index (κ3) is 2.56. The maximum Gasteiger partial charge on any atom is 0.140 e. The molecule has 1 N–H and O–H groups in total. The van der Waals surface area contributed by atoms with Crippen LogP contribution in [0.4, 0.5) is 5.82 Å². The van der Waals surface area contributed by atoms with E-state index in [1.54, 1.807) is 10.9 Å². The zero-order valence-electron chi connectivity index (χ0n) is 8.31. The molecular formula is C10H11BrN4. The summed E-state index contributed by atoms with van der Waals surface area (Å²) in [7, 11) is 1.90. The molecule has 78 valence electrons. The lowest BCUT2D eigenvalue weighted by Gasteiger charge is -2.04. The summed E-state index contributed by atoms with van der Waals surface area (Å²) in [5, 5.41) is 7.48. The number of anilines is 1. The van der Waals surface area contributed by atoms with E-state index in [9.17, 15) is 0 Å². The van der Waals surface area contributed by atoms with Gasteiger partial charge in [0.25, 0.3) is 0 Å². The van der Waals surface area contributed by atoms with Crippen LogP contribution in [-0.4, -0.2) is 14.8 Å². The smallest absolute Gasteiger partial charge is 0.140 e. The summed E-state index contributed by atoms with van der Waals surface area (Å²) in [6.45, 7) is 0.677. The van der Waals surface area contributed by atoms with Crippen LogP contribution in [-0.2, 0) is 13.6 Å². The van der Waals surface area contributed by atoms with Crippen LogP contribution in [0, 0.1) is 0 Å². The van der Waals surface area contributed by atoms with Crippen molar-refractivity contribution in [3.05, 3.63) is 40.8 Å². The van der Waals surface area contributed by atoms with Gasteiger partial charge >= 0.3 is 0 Å². The molecule has 2 aromatic rings. The van der Waals surface area contributed by atoms with Crippen molar-refractivity contribution < 1.29 is 0 Å². The number of hydrogen-bond acceptors (Lipinski definition) is 3. The lowest BCUT2D eigenvalue weighted by atomic mass is 10.4. The highest BCUT2D eigenvalue weighted by molar-refractivity contribution is 9.10. The first-order valence-corrected chi connectivity index (χ1v) is 5.38. The van der Waals surface area contributed by atoms with E-state index in [-0.39, 0.29) is 0 Å². The number of hydrogen-bond donors (Lipinski definition) is 1. The Kier molecular flexibility index (Phi) is 3.01. The first-order chi connectivity index (χ1) is 7.25. The molecule has 4 nitrogen and oxygen atoms in total. The van der Waals surface area contributed by atoms with E-state index >= 15 is 0 Å². The van der Waals surface area contributed by atoms with Gasteiger partial charge in [-0.1, -0.05) is 0 Å².